The summed E-state index contributed by atoms with van der Waals surface area (Å²) < 4.78 is 31.9. The van der Waals surface area contributed by atoms with Crippen molar-refractivity contribution in [2.75, 3.05) is 6.26 Å². The maximum absolute atomic E-state index is 11.9. The van der Waals surface area contributed by atoms with Gasteiger partial charge in [-0.3, -0.25) is 9.44 Å². The second kappa shape index (κ2) is 7.16. The second-order valence-corrected chi connectivity index (χ2v) is 6.76. The third-order valence-corrected chi connectivity index (χ3v) is 3.10. The normalized spacial score (nSPS) is 15.5. The van der Waals surface area contributed by atoms with Crippen LogP contribution in [-0.2, 0) is 28.7 Å². The van der Waals surface area contributed by atoms with Gasteiger partial charge in [-0.25, -0.2) is 9.68 Å². The summed E-state index contributed by atoms with van der Waals surface area (Å²) >= 11 is 0. The average molecular weight is 310 g/mol. The van der Waals surface area contributed by atoms with Crippen LogP contribution in [0.1, 0.15) is 34.1 Å². The lowest BCUT2D eigenvalue weighted by Gasteiger charge is -2.25. The Labute approximate surface area is 119 Å². The summed E-state index contributed by atoms with van der Waals surface area (Å²) in [4.78, 5) is 16.1. The van der Waals surface area contributed by atoms with Gasteiger partial charge in [-0.05, 0) is 33.3 Å². The largest absolute Gasteiger partial charge is 0.460 e. The first-order valence-corrected chi connectivity index (χ1v) is 7.78. The SMILES string of the molecule is C=C(C)C(CC(C)OC(=O)C(C)(C)OS(C)(=O)=O)OO. The summed E-state index contributed by atoms with van der Waals surface area (Å²) in [6, 6.07) is 0. The summed E-state index contributed by atoms with van der Waals surface area (Å²) in [5.41, 5.74) is -1.05. The Morgan fingerprint density at radius 1 is 1.40 bits per heavy atom. The first-order valence-electron chi connectivity index (χ1n) is 5.96. The lowest BCUT2D eigenvalue weighted by Crippen LogP contribution is -2.40. The van der Waals surface area contributed by atoms with Crippen molar-refractivity contribution in [1.29, 1.82) is 0 Å². The molecule has 2 atom stereocenters. The van der Waals surface area contributed by atoms with E-state index in [0.29, 0.717) is 5.57 Å². The van der Waals surface area contributed by atoms with Crippen molar-refractivity contribution in [2.45, 2.75) is 51.9 Å². The van der Waals surface area contributed by atoms with Gasteiger partial charge in [0.2, 0.25) is 0 Å². The van der Waals surface area contributed by atoms with Gasteiger partial charge >= 0.3 is 5.97 Å². The van der Waals surface area contributed by atoms with Crippen LogP contribution >= 0.6 is 0 Å². The Morgan fingerprint density at radius 2 is 1.90 bits per heavy atom. The molecule has 0 saturated heterocycles. The van der Waals surface area contributed by atoms with Crippen LogP contribution in [0.25, 0.3) is 0 Å². The zero-order chi connectivity index (χ0) is 16.1. The number of esters is 1. The number of hydrogen-bond acceptors (Lipinski definition) is 7. The molecule has 0 aliphatic carbocycles. The molecule has 0 bridgehead atoms. The molecular weight excluding hydrogens is 288 g/mol. The number of carbonyl (C=O) groups is 1. The Morgan fingerprint density at radius 3 is 2.25 bits per heavy atom. The van der Waals surface area contributed by atoms with Gasteiger partial charge in [-0.15, -0.1) is 0 Å². The lowest BCUT2D eigenvalue weighted by atomic mass is 10.1. The van der Waals surface area contributed by atoms with Crippen molar-refractivity contribution >= 4 is 16.1 Å². The van der Waals surface area contributed by atoms with Crippen LogP contribution in [0.15, 0.2) is 12.2 Å². The van der Waals surface area contributed by atoms with E-state index >= 15 is 0 Å². The molecule has 0 aromatic heterocycles. The van der Waals surface area contributed by atoms with Crippen LogP contribution in [0.2, 0.25) is 0 Å². The van der Waals surface area contributed by atoms with Gasteiger partial charge in [0, 0.05) is 6.42 Å². The predicted molar refractivity (Wildman–Crippen MR) is 72.5 cm³/mol. The van der Waals surface area contributed by atoms with Crippen LogP contribution in [0, 0.1) is 0 Å². The maximum atomic E-state index is 11.9. The van der Waals surface area contributed by atoms with Gasteiger partial charge in [0.25, 0.3) is 10.1 Å². The average Bonchev–Trinajstić information content (AvgIpc) is 2.21. The number of ether oxygens (including phenoxy) is 1. The summed E-state index contributed by atoms with van der Waals surface area (Å²) in [5.74, 6) is -0.825. The Kier molecular flexibility index (Phi) is 6.82. The fourth-order valence-electron chi connectivity index (χ4n) is 1.42. The zero-order valence-corrected chi connectivity index (χ0v) is 13.2. The summed E-state index contributed by atoms with van der Waals surface area (Å²) in [6.07, 6.45) is -0.246. The van der Waals surface area contributed by atoms with Crippen molar-refractivity contribution in [3.8, 4) is 0 Å². The van der Waals surface area contributed by atoms with Crippen LogP contribution < -0.4 is 0 Å². The molecule has 0 saturated carbocycles. The molecule has 0 spiro atoms. The van der Waals surface area contributed by atoms with Crippen molar-refractivity contribution in [3.05, 3.63) is 12.2 Å². The molecule has 2 unspecified atom stereocenters. The minimum Gasteiger partial charge on any atom is -0.460 e. The van der Waals surface area contributed by atoms with Crippen molar-refractivity contribution in [2.24, 2.45) is 0 Å². The zero-order valence-electron chi connectivity index (χ0n) is 12.4. The smallest absolute Gasteiger partial charge is 0.339 e. The predicted octanol–water partition coefficient (Wildman–Crippen LogP) is 1.50. The van der Waals surface area contributed by atoms with Crippen LogP contribution in [0.4, 0.5) is 0 Å². The van der Waals surface area contributed by atoms with Gasteiger partial charge in [-0.2, -0.15) is 8.42 Å². The molecular formula is C12H22O7S. The van der Waals surface area contributed by atoms with E-state index in [-0.39, 0.29) is 6.42 Å². The standard InChI is InChI=1S/C12H22O7S/c1-8(2)10(18-14)7-9(3)17-11(13)12(4,5)19-20(6,15)16/h9-10,14H,1,7H2,2-6H3. The third-order valence-electron chi connectivity index (χ3n) is 2.38. The molecule has 0 aromatic rings. The molecule has 118 valence electrons. The summed E-state index contributed by atoms with van der Waals surface area (Å²) in [5, 5.41) is 8.69. The van der Waals surface area contributed by atoms with Crippen molar-refractivity contribution in [1.82, 2.24) is 0 Å². The van der Waals surface area contributed by atoms with E-state index < -0.39 is 33.9 Å². The van der Waals surface area contributed by atoms with Crippen LogP contribution in [0.3, 0.4) is 0 Å². The number of rotatable bonds is 8. The number of carbonyl (C=O) groups excluding carboxylic acids is 1. The first kappa shape index (κ1) is 19.0. The van der Waals surface area contributed by atoms with E-state index in [9.17, 15) is 13.2 Å². The summed E-state index contributed by atoms with van der Waals surface area (Å²) in [6.45, 7) is 9.46. The monoisotopic (exact) mass is 310 g/mol. The molecule has 0 fully saturated rings. The molecule has 0 radical (unpaired) electrons. The van der Waals surface area contributed by atoms with E-state index in [1.807, 2.05) is 0 Å². The highest BCUT2D eigenvalue weighted by Gasteiger charge is 2.36. The molecule has 0 heterocycles. The van der Waals surface area contributed by atoms with Crippen molar-refractivity contribution < 1.29 is 32.3 Å². The molecule has 1 N–H and O–H groups in total. The highest BCUT2D eigenvalue weighted by molar-refractivity contribution is 7.86. The Bertz CT molecular complexity index is 452. The van der Waals surface area contributed by atoms with E-state index in [0.717, 1.165) is 6.26 Å². The number of hydrogen-bond donors (Lipinski definition) is 1. The van der Waals surface area contributed by atoms with Gasteiger partial charge < -0.3 is 4.74 Å². The van der Waals surface area contributed by atoms with Crippen LogP contribution in [-0.4, -0.2) is 43.7 Å². The molecule has 0 amide bonds. The Balaban J connectivity index is 4.63. The highest BCUT2D eigenvalue weighted by Crippen LogP contribution is 2.18. The van der Waals surface area contributed by atoms with E-state index in [4.69, 9.17) is 9.99 Å². The van der Waals surface area contributed by atoms with Crippen molar-refractivity contribution in [3.63, 3.8) is 0 Å². The van der Waals surface area contributed by atoms with Gasteiger partial charge in [0.1, 0.15) is 12.2 Å². The third kappa shape index (κ3) is 6.99. The van der Waals surface area contributed by atoms with E-state index in [2.05, 4.69) is 15.6 Å². The van der Waals surface area contributed by atoms with Gasteiger partial charge in [0.15, 0.2) is 5.60 Å². The fourth-order valence-corrected chi connectivity index (χ4v) is 2.25. The molecule has 0 aliphatic rings. The molecule has 0 rings (SSSR count). The lowest BCUT2D eigenvalue weighted by molar-refractivity contribution is -0.273. The molecule has 0 aromatic carbocycles. The topological polar surface area (TPSA) is 99.1 Å². The van der Waals surface area contributed by atoms with E-state index in [1.54, 1.807) is 13.8 Å². The molecule has 8 heteroatoms. The quantitative estimate of drug-likeness (QED) is 0.238. The molecule has 20 heavy (non-hydrogen) atoms. The Hall–Kier alpha value is -0.960. The molecule has 0 aliphatic heterocycles. The minimum atomic E-state index is -3.78. The second-order valence-electron chi connectivity index (χ2n) is 5.19. The van der Waals surface area contributed by atoms with Gasteiger partial charge in [-0.1, -0.05) is 6.58 Å². The molecule has 7 nitrogen and oxygen atoms in total. The summed E-state index contributed by atoms with van der Waals surface area (Å²) in [7, 11) is -3.78. The fraction of sp³-hybridized carbons (Fsp3) is 0.750. The van der Waals surface area contributed by atoms with Gasteiger partial charge in [0.05, 0.1) is 6.26 Å². The minimum absolute atomic E-state index is 0.187. The maximum Gasteiger partial charge on any atom is 0.339 e. The highest BCUT2D eigenvalue weighted by atomic mass is 32.2. The van der Waals surface area contributed by atoms with Crippen LogP contribution in [0.5, 0.6) is 0 Å². The first-order chi connectivity index (χ1) is 8.89. The van der Waals surface area contributed by atoms with E-state index in [1.165, 1.54) is 13.8 Å².